The summed E-state index contributed by atoms with van der Waals surface area (Å²) in [6.45, 7) is -1.03. The number of alkyl carbamates (subject to hydrolysis) is 1. The number of phosphoric ester groups is 1. The molecule has 0 bridgehead atoms. The van der Waals surface area contributed by atoms with E-state index < -0.39 is 38.5 Å². The van der Waals surface area contributed by atoms with Crippen LogP contribution in [-0.4, -0.2) is 63.8 Å². The number of hydrogen-bond donors (Lipinski definition) is 5. The number of ketones is 1. The van der Waals surface area contributed by atoms with Gasteiger partial charge in [-0.1, -0.05) is 48.5 Å². The molecule has 11 heteroatoms. The standard InChI is InChI=1S/C21H24NO9P/c23-18(20(25)19(24)12-31-32(27,28)29)9-10-22-21(26)30-11-17-15-7-3-1-5-13(15)14-6-2-4-8-16(14)17/h1-8,17-18,20,23,25H,9-12H2,(H,22,26)(H2,27,28,29)/t18?,20-/m1/s1. The number of amides is 1. The average Bonchev–Trinajstić information content (AvgIpc) is 3.08. The molecule has 0 aliphatic heterocycles. The number of fused-ring (bicyclic) bond motifs is 3. The summed E-state index contributed by atoms with van der Waals surface area (Å²) in [6, 6.07) is 15.8. The molecule has 32 heavy (non-hydrogen) atoms. The lowest BCUT2D eigenvalue weighted by molar-refractivity contribution is -0.135. The molecule has 1 unspecified atom stereocenters. The lowest BCUT2D eigenvalue weighted by Crippen LogP contribution is -2.39. The Labute approximate surface area is 184 Å². The molecule has 0 heterocycles. The fraction of sp³-hybridized carbons (Fsp3) is 0.333. The van der Waals surface area contributed by atoms with Crippen LogP contribution < -0.4 is 5.32 Å². The molecular formula is C21H24NO9P. The number of phosphoric acid groups is 1. The van der Waals surface area contributed by atoms with Crippen molar-refractivity contribution in [2.24, 2.45) is 0 Å². The molecule has 1 amide bonds. The summed E-state index contributed by atoms with van der Waals surface area (Å²) in [6.07, 6.45) is -4.38. The van der Waals surface area contributed by atoms with Crippen LogP contribution >= 0.6 is 7.82 Å². The number of aliphatic hydroxyl groups excluding tert-OH is 2. The Morgan fingerprint density at radius 3 is 2.12 bits per heavy atom. The molecule has 5 N–H and O–H groups in total. The molecule has 2 aromatic rings. The van der Waals surface area contributed by atoms with Crippen LogP contribution in [0, 0.1) is 0 Å². The van der Waals surface area contributed by atoms with Crippen molar-refractivity contribution in [1.82, 2.24) is 5.32 Å². The molecule has 2 atom stereocenters. The molecular weight excluding hydrogens is 441 g/mol. The normalized spacial score (nSPS) is 14.9. The summed E-state index contributed by atoms with van der Waals surface area (Å²) >= 11 is 0. The first kappa shape index (κ1) is 24.1. The monoisotopic (exact) mass is 465 g/mol. The lowest BCUT2D eigenvalue weighted by atomic mass is 9.98. The average molecular weight is 465 g/mol. The number of rotatable bonds is 10. The molecule has 0 saturated heterocycles. The second kappa shape index (κ2) is 10.4. The summed E-state index contributed by atoms with van der Waals surface area (Å²) < 4.78 is 19.9. The van der Waals surface area contributed by atoms with E-state index in [0.717, 1.165) is 22.3 Å². The maximum Gasteiger partial charge on any atom is 0.470 e. The van der Waals surface area contributed by atoms with Crippen LogP contribution in [0.25, 0.3) is 11.1 Å². The SMILES string of the molecule is O=C(NCCC(O)[C@@H](O)C(=O)COP(=O)(O)O)OCC1c2ccccc2-c2ccccc21. The Balaban J connectivity index is 1.45. The van der Waals surface area contributed by atoms with Crippen molar-refractivity contribution in [3.05, 3.63) is 59.7 Å². The number of carbonyl (C=O) groups excluding carboxylic acids is 2. The van der Waals surface area contributed by atoms with Crippen LogP contribution in [0.2, 0.25) is 0 Å². The predicted octanol–water partition coefficient (Wildman–Crippen LogP) is 1.32. The molecule has 0 aromatic heterocycles. The van der Waals surface area contributed by atoms with Gasteiger partial charge in [-0.2, -0.15) is 0 Å². The summed E-state index contributed by atoms with van der Waals surface area (Å²) in [4.78, 5) is 40.8. The third kappa shape index (κ3) is 6.01. The van der Waals surface area contributed by atoms with Crippen LogP contribution in [0.1, 0.15) is 23.5 Å². The Morgan fingerprint density at radius 1 is 1.00 bits per heavy atom. The maximum absolute atomic E-state index is 12.1. The van der Waals surface area contributed by atoms with Crippen LogP contribution in [0.3, 0.4) is 0 Å². The van der Waals surface area contributed by atoms with Crippen molar-refractivity contribution < 1.29 is 43.4 Å². The predicted molar refractivity (Wildman–Crippen MR) is 113 cm³/mol. The smallest absolute Gasteiger partial charge is 0.449 e. The van der Waals surface area contributed by atoms with E-state index in [0.29, 0.717) is 0 Å². The van der Waals surface area contributed by atoms with Gasteiger partial charge in [0, 0.05) is 12.5 Å². The van der Waals surface area contributed by atoms with Gasteiger partial charge in [0.2, 0.25) is 0 Å². The quantitative estimate of drug-likeness (QED) is 0.326. The van der Waals surface area contributed by atoms with Gasteiger partial charge in [0.1, 0.15) is 19.3 Å². The minimum absolute atomic E-state index is 0.0957. The number of aliphatic hydroxyl groups is 2. The summed E-state index contributed by atoms with van der Waals surface area (Å²) in [5, 5.41) is 22.0. The molecule has 10 nitrogen and oxygen atoms in total. The fourth-order valence-corrected chi connectivity index (χ4v) is 3.87. The van der Waals surface area contributed by atoms with Gasteiger partial charge in [-0.15, -0.1) is 0 Å². The summed E-state index contributed by atoms with van der Waals surface area (Å²) in [7, 11) is -4.87. The molecule has 1 aliphatic rings. The van der Waals surface area contributed by atoms with Crippen LogP contribution in [-0.2, 0) is 18.6 Å². The first-order valence-corrected chi connectivity index (χ1v) is 11.4. The molecule has 1 aliphatic carbocycles. The van der Waals surface area contributed by atoms with E-state index in [1.54, 1.807) is 0 Å². The van der Waals surface area contributed by atoms with Crippen molar-refractivity contribution in [2.45, 2.75) is 24.5 Å². The maximum atomic E-state index is 12.1. The molecule has 3 rings (SSSR count). The minimum atomic E-state index is -4.87. The number of Topliss-reactive ketones (excluding diaryl/α,β-unsaturated/α-hetero) is 1. The molecule has 172 valence electrons. The van der Waals surface area contributed by atoms with Gasteiger partial charge in [0.25, 0.3) is 0 Å². The second-order valence-electron chi connectivity index (χ2n) is 7.28. The van der Waals surface area contributed by atoms with Crippen LogP contribution in [0.4, 0.5) is 4.79 Å². The zero-order valence-corrected chi connectivity index (χ0v) is 17.9. The number of ether oxygens (including phenoxy) is 1. The third-order valence-electron chi connectivity index (χ3n) is 5.12. The van der Waals surface area contributed by atoms with Gasteiger partial charge < -0.3 is 30.1 Å². The van der Waals surface area contributed by atoms with Gasteiger partial charge >= 0.3 is 13.9 Å². The topological polar surface area (TPSA) is 163 Å². The number of carbonyl (C=O) groups is 2. The van der Waals surface area contributed by atoms with Crippen molar-refractivity contribution in [3.63, 3.8) is 0 Å². The highest BCUT2D eigenvalue weighted by molar-refractivity contribution is 7.46. The molecule has 2 aromatic carbocycles. The van der Waals surface area contributed by atoms with E-state index in [2.05, 4.69) is 9.84 Å². The first-order valence-electron chi connectivity index (χ1n) is 9.85. The van der Waals surface area contributed by atoms with E-state index in [1.165, 1.54) is 0 Å². The van der Waals surface area contributed by atoms with Crippen molar-refractivity contribution in [3.8, 4) is 11.1 Å². The van der Waals surface area contributed by atoms with Gasteiger partial charge in [0.05, 0.1) is 6.10 Å². The second-order valence-corrected chi connectivity index (χ2v) is 8.52. The number of hydrogen-bond acceptors (Lipinski definition) is 7. The largest absolute Gasteiger partial charge is 0.470 e. The fourth-order valence-electron chi connectivity index (χ4n) is 3.58. The zero-order chi connectivity index (χ0) is 23.3. The van der Waals surface area contributed by atoms with Crippen molar-refractivity contribution in [2.75, 3.05) is 19.8 Å². The highest BCUT2D eigenvalue weighted by Gasteiger charge is 2.29. The molecule has 0 spiro atoms. The molecule has 0 fully saturated rings. The van der Waals surface area contributed by atoms with Gasteiger partial charge in [-0.25, -0.2) is 9.36 Å². The lowest BCUT2D eigenvalue weighted by Gasteiger charge is -2.18. The third-order valence-corrected chi connectivity index (χ3v) is 5.59. The Kier molecular flexibility index (Phi) is 7.78. The zero-order valence-electron chi connectivity index (χ0n) is 17.0. The highest BCUT2D eigenvalue weighted by atomic mass is 31.2. The highest BCUT2D eigenvalue weighted by Crippen LogP contribution is 2.44. The van der Waals surface area contributed by atoms with E-state index in [-0.39, 0.29) is 25.5 Å². The van der Waals surface area contributed by atoms with Crippen molar-refractivity contribution >= 4 is 19.7 Å². The van der Waals surface area contributed by atoms with E-state index in [4.69, 9.17) is 14.5 Å². The van der Waals surface area contributed by atoms with E-state index in [1.807, 2.05) is 48.5 Å². The molecule has 0 radical (unpaired) electrons. The van der Waals surface area contributed by atoms with Gasteiger partial charge in [0.15, 0.2) is 5.78 Å². The van der Waals surface area contributed by atoms with E-state index >= 15 is 0 Å². The van der Waals surface area contributed by atoms with Crippen LogP contribution in [0.5, 0.6) is 0 Å². The number of benzene rings is 2. The Morgan fingerprint density at radius 2 is 1.56 bits per heavy atom. The van der Waals surface area contributed by atoms with Gasteiger partial charge in [-0.3, -0.25) is 9.32 Å². The first-order chi connectivity index (χ1) is 15.2. The minimum Gasteiger partial charge on any atom is -0.449 e. The molecule has 0 saturated carbocycles. The van der Waals surface area contributed by atoms with E-state index in [9.17, 15) is 24.4 Å². The number of nitrogens with one attached hydrogen (secondary N) is 1. The Bertz CT molecular complexity index is 976. The summed E-state index contributed by atoms with van der Waals surface area (Å²) in [5.41, 5.74) is 4.33. The van der Waals surface area contributed by atoms with Gasteiger partial charge in [-0.05, 0) is 28.7 Å². The van der Waals surface area contributed by atoms with Crippen molar-refractivity contribution in [1.29, 1.82) is 0 Å². The van der Waals surface area contributed by atoms with Crippen LogP contribution in [0.15, 0.2) is 48.5 Å². The summed E-state index contributed by atoms with van der Waals surface area (Å²) in [5.74, 6) is -1.20. The Hall–Kier alpha value is -2.59.